The van der Waals surface area contributed by atoms with E-state index in [-0.39, 0.29) is 11.9 Å². The maximum Gasteiger partial charge on any atom is 0.124 e. The maximum absolute atomic E-state index is 13.0. The molecule has 100 valence electrons. The average molecular weight is 271 g/mol. The summed E-state index contributed by atoms with van der Waals surface area (Å²) in [4.78, 5) is 0. The first-order valence-corrected chi connectivity index (χ1v) is 6.88. The summed E-state index contributed by atoms with van der Waals surface area (Å²) < 4.78 is 13.0. The molecule has 1 saturated carbocycles. The van der Waals surface area contributed by atoms with E-state index >= 15 is 0 Å². The first-order valence-electron chi connectivity index (χ1n) is 6.50. The van der Waals surface area contributed by atoms with Gasteiger partial charge in [0.15, 0.2) is 0 Å². The molecule has 2 rings (SSSR count). The van der Waals surface area contributed by atoms with Gasteiger partial charge in [-0.2, -0.15) is 0 Å². The molecule has 0 saturated heterocycles. The number of rotatable bonds is 4. The van der Waals surface area contributed by atoms with Gasteiger partial charge < -0.3 is 0 Å². The Morgan fingerprint density at radius 1 is 1.50 bits per heavy atom. The summed E-state index contributed by atoms with van der Waals surface area (Å²) in [5.41, 5.74) is 3.86. The van der Waals surface area contributed by atoms with Crippen LogP contribution in [-0.2, 0) is 6.42 Å². The summed E-state index contributed by atoms with van der Waals surface area (Å²) in [6, 6.07) is 4.78. The Bertz CT molecular complexity index is 411. The Morgan fingerprint density at radius 3 is 2.83 bits per heavy atom. The number of hydrogen-bond donors (Lipinski definition) is 2. The van der Waals surface area contributed by atoms with E-state index in [9.17, 15) is 4.39 Å². The van der Waals surface area contributed by atoms with E-state index in [1.807, 2.05) is 0 Å². The summed E-state index contributed by atoms with van der Waals surface area (Å²) in [7, 11) is 0. The first-order chi connectivity index (χ1) is 8.60. The molecule has 0 aliphatic heterocycles. The fraction of sp³-hybridized carbons (Fsp3) is 0.571. The van der Waals surface area contributed by atoms with Crippen molar-refractivity contribution in [2.45, 2.75) is 38.6 Å². The maximum atomic E-state index is 13.0. The standard InChI is InChI=1S/C14H20ClFN2/c1-9-2-3-11(6-9)14(18-17)7-10-4-5-12(16)8-13(10)15/h4-5,8-9,11,14,18H,2-3,6-7,17H2,1H3. The average Bonchev–Trinajstić information content (AvgIpc) is 2.75. The third kappa shape index (κ3) is 3.22. The van der Waals surface area contributed by atoms with Crippen molar-refractivity contribution >= 4 is 11.6 Å². The second-order valence-electron chi connectivity index (χ2n) is 5.39. The first kappa shape index (κ1) is 13.8. The molecule has 3 N–H and O–H groups in total. The third-order valence-corrected chi connectivity index (χ3v) is 4.33. The van der Waals surface area contributed by atoms with Crippen molar-refractivity contribution in [2.75, 3.05) is 0 Å². The van der Waals surface area contributed by atoms with Gasteiger partial charge in [0.25, 0.3) is 0 Å². The predicted molar refractivity (Wildman–Crippen MR) is 72.7 cm³/mol. The van der Waals surface area contributed by atoms with Crippen molar-refractivity contribution in [3.8, 4) is 0 Å². The third-order valence-electron chi connectivity index (χ3n) is 3.97. The predicted octanol–water partition coefficient (Wildman–Crippen LogP) is 3.29. The van der Waals surface area contributed by atoms with Crippen LogP contribution in [0, 0.1) is 17.7 Å². The van der Waals surface area contributed by atoms with Gasteiger partial charge in [0, 0.05) is 11.1 Å². The van der Waals surface area contributed by atoms with Gasteiger partial charge in [-0.15, -0.1) is 0 Å². The summed E-state index contributed by atoms with van der Waals surface area (Å²) in [6.07, 6.45) is 4.43. The van der Waals surface area contributed by atoms with Crippen LogP contribution in [0.2, 0.25) is 5.02 Å². The zero-order valence-electron chi connectivity index (χ0n) is 10.6. The Balaban J connectivity index is 2.05. The number of nitrogens with two attached hydrogens (primary N) is 1. The molecule has 0 amide bonds. The second kappa shape index (κ2) is 6.00. The van der Waals surface area contributed by atoms with Crippen LogP contribution in [0.15, 0.2) is 18.2 Å². The van der Waals surface area contributed by atoms with Crippen LogP contribution in [0.3, 0.4) is 0 Å². The minimum absolute atomic E-state index is 0.220. The van der Waals surface area contributed by atoms with Gasteiger partial charge in [0.1, 0.15) is 5.82 Å². The summed E-state index contributed by atoms with van der Waals surface area (Å²) in [6.45, 7) is 2.28. The normalized spacial score (nSPS) is 25.3. The molecule has 3 atom stereocenters. The van der Waals surface area contributed by atoms with Crippen molar-refractivity contribution in [1.29, 1.82) is 0 Å². The lowest BCUT2D eigenvalue weighted by Crippen LogP contribution is -2.41. The van der Waals surface area contributed by atoms with Crippen LogP contribution in [0.4, 0.5) is 4.39 Å². The molecule has 1 fully saturated rings. The number of nitrogens with one attached hydrogen (secondary N) is 1. The van der Waals surface area contributed by atoms with E-state index in [2.05, 4.69) is 12.3 Å². The van der Waals surface area contributed by atoms with E-state index in [0.29, 0.717) is 10.9 Å². The summed E-state index contributed by atoms with van der Waals surface area (Å²) in [5, 5.41) is 0.487. The van der Waals surface area contributed by atoms with E-state index in [1.165, 1.54) is 31.4 Å². The molecule has 1 aliphatic rings. The lowest BCUT2D eigenvalue weighted by atomic mass is 9.92. The Kier molecular flexibility index (Phi) is 4.60. The Hall–Kier alpha value is -0.640. The molecule has 0 bridgehead atoms. The highest BCUT2D eigenvalue weighted by molar-refractivity contribution is 6.31. The van der Waals surface area contributed by atoms with E-state index < -0.39 is 0 Å². The highest BCUT2D eigenvalue weighted by Gasteiger charge is 2.28. The van der Waals surface area contributed by atoms with Crippen LogP contribution in [0.5, 0.6) is 0 Å². The molecule has 1 aliphatic carbocycles. The largest absolute Gasteiger partial charge is 0.271 e. The molecule has 4 heteroatoms. The molecule has 0 radical (unpaired) electrons. The van der Waals surface area contributed by atoms with Crippen LogP contribution in [0.25, 0.3) is 0 Å². The topological polar surface area (TPSA) is 38.0 Å². The van der Waals surface area contributed by atoms with Gasteiger partial charge in [0.2, 0.25) is 0 Å². The van der Waals surface area contributed by atoms with Gasteiger partial charge in [-0.05, 0) is 48.8 Å². The zero-order valence-corrected chi connectivity index (χ0v) is 11.4. The molecule has 18 heavy (non-hydrogen) atoms. The van der Waals surface area contributed by atoms with Gasteiger partial charge in [-0.25, -0.2) is 4.39 Å². The van der Waals surface area contributed by atoms with Crippen LogP contribution in [-0.4, -0.2) is 6.04 Å². The van der Waals surface area contributed by atoms with E-state index in [4.69, 9.17) is 17.4 Å². The fourth-order valence-corrected chi connectivity index (χ4v) is 3.15. The zero-order chi connectivity index (χ0) is 13.1. The Morgan fingerprint density at radius 2 is 2.28 bits per heavy atom. The molecule has 1 aromatic rings. The van der Waals surface area contributed by atoms with Crippen LogP contribution < -0.4 is 11.3 Å². The number of hydrogen-bond acceptors (Lipinski definition) is 2. The molecular formula is C14H20ClFN2. The van der Waals surface area contributed by atoms with Gasteiger partial charge >= 0.3 is 0 Å². The lowest BCUT2D eigenvalue weighted by Gasteiger charge is -2.23. The number of halogens is 2. The monoisotopic (exact) mass is 270 g/mol. The van der Waals surface area contributed by atoms with Crippen molar-refractivity contribution < 1.29 is 4.39 Å². The number of hydrazine groups is 1. The second-order valence-corrected chi connectivity index (χ2v) is 5.80. The quantitative estimate of drug-likeness (QED) is 0.651. The molecular weight excluding hydrogens is 251 g/mol. The van der Waals surface area contributed by atoms with Crippen LogP contribution in [0.1, 0.15) is 31.7 Å². The molecule has 1 aromatic carbocycles. The molecule has 0 aromatic heterocycles. The molecule has 2 nitrogen and oxygen atoms in total. The molecule has 3 unspecified atom stereocenters. The molecule has 0 heterocycles. The van der Waals surface area contributed by atoms with Gasteiger partial charge in [-0.1, -0.05) is 31.0 Å². The van der Waals surface area contributed by atoms with Crippen molar-refractivity contribution in [1.82, 2.24) is 5.43 Å². The minimum Gasteiger partial charge on any atom is -0.271 e. The highest BCUT2D eigenvalue weighted by atomic mass is 35.5. The minimum atomic E-state index is -0.296. The van der Waals surface area contributed by atoms with E-state index in [1.54, 1.807) is 6.07 Å². The van der Waals surface area contributed by atoms with E-state index in [0.717, 1.165) is 17.9 Å². The molecule has 0 spiro atoms. The lowest BCUT2D eigenvalue weighted by molar-refractivity contribution is 0.353. The summed E-state index contributed by atoms with van der Waals surface area (Å²) >= 11 is 6.06. The van der Waals surface area contributed by atoms with Gasteiger partial charge in [0.05, 0.1) is 0 Å². The van der Waals surface area contributed by atoms with Crippen LogP contribution >= 0.6 is 11.6 Å². The number of benzene rings is 1. The van der Waals surface area contributed by atoms with Crippen molar-refractivity contribution in [3.05, 3.63) is 34.6 Å². The highest BCUT2D eigenvalue weighted by Crippen LogP contribution is 2.34. The van der Waals surface area contributed by atoms with Gasteiger partial charge in [-0.3, -0.25) is 11.3 Å². The van der Waals surface area contributed by atoms with Crippen molar-refractivity contribution in [3.63, 3.8) is 0 Å². The fourth-order valence-electron chi connectivity index (χ4n) is 2.90. The SMILES string of the molecule is CC1CCC(C(Cc2ccc(F)cc2Cl)NN)C1. The summed E-state index contributed by atoms with van der Waals surface area (Å²) in [5.74, 6) is 6.72. The Labute approximate surface area is 113 Å². The smallest absolute Gasteiger partial charge is 0.124 e. The van der Waals surface area contributed by atoms with Crippen molar-refractivity contribution in [2.24, 2.45) is 17.7 Å².